The van der Waals surface area contributed by atoms with Gasteiger partial charge in [-0.15, -0.1) is 0 Å². The van der Waals surface area contributed by atoms with Gasteiger partial charge in [0.05, 0.1) is 6.26 Å². The van der Waals surface area contributed by atoms with Crippen molar-refractivity contribution in [2.75, 3.05) is 39.0 Å². The summed E-state index contributed by atoms with van der Waals surface area (Å²) in [7, 11) is -3.22. The van der Waals surface area contributed by atoms with Gasteiger partial charge in [-0.1, -0.05) is 12.1 Å². The number of carbonyl (C=O) groups excluding carboxylic acids is 1. The number of rotatable bonds is 2. The third-order valence-corrected chi connectivity index (χ3v) is 5.32. The Kier molecular flexibility index (Phi) is 4.45. The third kappa shape index (κ3) is 3.59. The largest absolute Gasteiger partial charge is 0.485 e. The Hall–Kier alpha value is -1.80. The van der Waals surface area contributed by atoms with E-state index in [1.807, 2.05) is 12.1 Å². The van der Waals surface area contributed by atoms with Crippen molar-refractivity contribution in [3.05, 3.63) is 24.3 Å². The lowest BCUT2D eigenvalue weighted by Gasteiger charge is -2.30. The predicted octanol–water partition coefficient (Wildman–Crippen LogP) is 0.320. The zero-order chi connectivity index (χ0) is 16.4. The number of fused-ring (bicyclic) bond motifs is 1. The number of hydrogen-bond acceptors (Lipinski definition) is 5. The van der Waals surface area contributed by atoms with E-state index < -0.39 is 16.1 Å². The van der Waals surface area contributed by atoms with Crippen molar-refractivity contribution in [3.8, 4) is 11.5 Å². The van der Waals surface area contributed by atoms with E-state index in [2.05, 4.69) is 0 Å². The van der Waals surface area contributed by atoms with Crippen LogP contribution in [0.25, 0.3) is 0 Å². The van der Waals surface area contributed by atoms with Gasteiger partial charge in [0.25, 0.3) is 5.91 Å². The van der Waals surface area contributed by atoms with Gasteiger partial charge in [0.15, 0.2) is 11.5 Å². The number of nitrogens with zero attached hydrogens (tertiary/aromatic N) is 2. The van der Waals surface area contributed by atoms with Crippen LogP contribution in [0.5, 0.6) is 11.5 Å². The summed E-state index contributed by atoms with van der Waals surface area (Å²) in [4.78, 5) is 14.3. The van der Waals surface area contributed by atoms with E-state index in [0.717, 1.165) is 0 Å². The Labute approximate surface area is 135 Å². The molecule has 7 nitrogen and oxygen atoms in total. The van der Waals surface area contributed by atoms with Gasteiger partial charge in [0, 0.05) is 26.2 Å². The second-order valence-electron chi connectivity index (χ2n) is 5.71. The van der Waals surface area contributed by atoms with Crippen molar-refractivity contribution < 1.29 is 22.7 Å². The minimum atomic E-state index is -3.22. The molecule has 0 aromatic heterocycles. The van der Waals surface area contributed by atoms with Crippen molar-refractivity contribution in [1.82, 2.24) is 9.21 Å². The number of hydrogen-bond donors (Lipinski definition) is 0. The van der Waals surface area contributed by atoms with E-state index in [-0.39, 0.29) is 12.5 Å². The molecule has 3 rings (SSSR count). The second-order valence-corrected chi connectivity index (χ2v) is 7.69. The fourth-order valence-electron chi connectivity index (χ4n) is 2.79. The lowest BCUT2D eigenvalue weighted by atomic mass is 10.2. The van der Waals surface area contributed by atoms with Crippen molar-refractivity contribution >= 4 is 15.9 Å². The average Bonchev–Trinajstić information content (AvgIpc) is 2.79. The van der Waals surface area contributed by atoms with E-state index in [4.69, 9.17) is 9.47 Å². The maximum atomic E-state index is 12.6. The molecule has 8 heteroatoms. The number of benzene rings is 1. The molecule has 0 spiro atoms. The Bertz CT molecular complexity index is 691. The van der Waals surface area contributed by atoms with Gasteiger partial charge in [-0.25, -0.2) is 12.7 Å². The summed E-state index contributed by atoms with van der Waals surface area (Å²) in [6.45, 7) is 1.81. The lowest BCUT2D eigenvalue weighted by Crippen LogP contribution is -2.47. The SMILES string of the molecule is CS(=O)(=O)N1CCCN(C(=O)C2COc3ccccc3O2)CC1. The molecule has 1 fully saturated rings. The first-order valence-corrected chi connectivity index (χ1v) is 9.42. The second kappa shape index (κ2) is 6.37. The fraction of sp³-hybridized carbons (Fsp3) is 0.533. The summed E-state index contributed by atoms with van der Waals surface area (Å²) < 4.78 is 36.0. The van der Waals surface area contributed by atoms with Gasteiger partial charge in [0.2, 0.25) is 16.1 Å². The zero-order valence-corrected chi connectivity index (χ0v) is 13.8. The van der Waals surface area contributed by atoms with Crippen molar-refractivity contribution in [1.29, 1.82) is 0 Å². The van der Waals surface area contributed by atoms with Crippen LogP contribution in [-0.4, -0.2) is 68.7 Å². The number of amides is 1. The molecule has 2 heterocycles. The van der Waals surface area contributed by atoms with Gasteiger partial charge in [-0.3, -0.25) is 4.79 Å². The highest BCUT2D eigenvalue weighted by Crippen LogP contribution is 2.31. The summed E-state index contributed by atoms with van der Waals surface area (Å²) in [6, 6.07) is 7.23. The number of sulfonamides is 1. The van der Waals surface area contributed by atoms with Gasteiger partial charge in [-0.05, 0) is 18.6 Å². The van der Waals surface area contributed by atoms with E-state index in [0.29, 0.717) is 44.1 Å². The summed E-state index contributed by atoms with van der Waals surface area (Å²) in [5.74, 6) is 1.04. The summed E-state index contributed by atoms with van der Waals surface area (Å²) in [5, 5.41) is 0. The van der Waals surface area contributed by atoms with Crippen LogP contribution in [0.3, 0.4) is 0 Å². The third-order valence-electron chi connectivity index (χ3n) is 4.02. The fourth-order valence-corrected chi connectivity index (χ4v) is 3.66. The Morgan fingerprint density at radius 2 is 1.87 bits per heavy atom. The molecule has 2 aliphatic rings. The van der Waals surface area contributed by atoms with Crippen molar-refractivity contribution in [2.24, 2.45) is 0 Å². The van der Waals surface area contributed by atoms with Crippen molar-refractivity contribution in [3.63, 3.8) is 0 Å². The molecule has 0 aliphatic carbocycles. The molecule has 1 atom stereocenters. The molecule has 1 aromatic rings. The summed E-state index contributed by atoms with van der Waals surface area (Å²) >= 11 is 0. The first-order chi connectivity index (χ1) is 10.9. The van der Waals surface area contributed by atoms with Gasteiger partial charge < -0.3 is 14.4 Å². The highest BCUT2D eigenvalue weighted by molar-refractivity contribution is 7.88. The molecule has 126 valence electrons. The van der Waals surface area contributed by atoms with Crippen LogP contribution in [0, 0.1) is 0 Å². The predicted molar refractivity (Wildman–Crippen MR) is 84.0 cm³/mol. The topological polar surface area (TPSA) is 76.2 Å². The van der Waals surface area contributed by atoms with Crippen LogP contribution < -0.4 is 9.47 Å². The molecular weight excluding hydrogens is 320 g/mol. The highest BCUT2D eigenvalue weighted by Gasteiger charge is 2.32. The lowest BCUT2D eigenvalue weighted by molar-refractivity contribution is -0.141. The van der Waals surface area contributed by atoms with Crippen LogP contribution in [0.1, 0.15) is 6.42 Å². The van der Waals surface area contributed by atoms with Crippen LogP contribution >= 0.6 is 0 Å². The van der Waals surface area contributed by atoms with Crippen LogP contribution in [0.2, 0.25) is 0 Å². The molecular formula is C15H20N2O5S. The van der Waals surface area contributed by atoms with E-state index in [9.17, 15) is 13.2 Å². The minimum Gasteiger partial charge on any atom is -0.485 e. The first-order valence-electron chi connectivity index (χ1n) is 7.57. The maximum Gasteiger partial charge on any atom is 0.267 e. The van der Waals surface area contributed by atoms with Crippen molar-refractivity contribution in [2.45, 2.75) is 12.5 Å². The molecule has 1 unspecified atom stereocenters. The molecule has 0 bridgehead atoms. The van der Waals surface area contributed by atoms with Crippen LogP contribution in [0.4, 0.5) is 0 Å². The average molecular weight is 340 g/mol. The summed E-state index contributed by atoms with van der Waals surface area (Å²) in [5.41, 5.74) is 0. The number of para-hydroxylation sites is 2. The number of ether oxygens (including phenoxy) is 2. The first kappa shape index (κ1) is 16.1. The van der Waals surface area contributed by atoms with Crippen LogP contribution in [0.15, 0.2) is 24.3 Å². The Balaban J connectivity index is 1.65. The summed E-state index contributed by atoms with van der Waals surface area (Å²) in [6.07, 6.45) is 1.12. The molecule has 0 saturated carbocycles. The van der Waals surface area contributed by atoms with Gasteiger partial charge >= 0.3 is 0 Å². The van der Waals surface area contributed by atoms with Crippen LogP contribution in [-0.2, 0) is 14.8 Å². The molecule has 1 amide bonds. The molecule has 0 radical (unpaired) electrons. The minimum absolute atomic E-state index is 0.158. The van der Waals surface area contributed by atoms with E-state index in [1.54, 1.807) is 17.0 Å². The molecule has 1 saturated heterocycles. The molecule has 0 N–H and O–H groups in total. The monoisotopic (exact) mass is 340 g/mol. The Morgan fingerprint density at radius 3 is 2.61 bits per heavy atom. The molecule has 23 heavy (non-hydrogen) atoms. The van der Waals surface area contributed by atoms with Gasteiger partial charge in [-0.2, -0.15) is 0 Å². The molecule has 2 aliphatic heterocycles. The highest BCUT2D eigenvalue weighted by atomic mass is 32.2. The quantitative estimate of drug-likeness (QED) is 0.775. The molecule has 1 aromatic carbocycles. The van der Waals surface area contributed by atoms with E-state index in [1.165, 1.54) is 10.6 Å². The van der Waals surface area contributed by atoms with E-state index >= 15 is 0 Å². The van der Waals surface area contributed by atoms with Gasteiger partial charge in [0.1, 0.15) is 6.61 Å². The standard InChI is InChI=1S/C15H20N2O5S/c1-23(19,20)17-8-4-7-16(9-10-17)15(18)14-11-21-12-5-2-3-6-13(12)22-14/h2-3,5-6,14H,4,7-11H2,1H3. The Morgan fingerprint density at radius 1 is 1.13 bits per heavy atom. The normalized spacial score (nSPS) is 22.5. The number of carbonyl (C=O) groups is 1. The zero-order valence-electron chi connectivity index (χ0n) is 13.0. The maximum absolute atomic E-state index is 12.6. The smallest absolute Gasteiger partial charge is 0.267 e.